The number of morpholine rings is 1. The van der Waals surface area contributed by atoms with Crippen molar-refractivity contribution in [2.24, 2.45) is 4.99 Å². The fourth-order valence-corrected chi connectivity index (χ4v) is 3.09. The molecule has 1 aliphatic rings. The number of aliphatic imine (C=N–C) groups is 1. The van der Waals surface area contributed by atoms with Gasteiger partial charge in [0.25, 0.3) is 0 Å². The maximum absolute atomic E-state index is 5.41. The molecule has 0 aliphatic carbocycles. The highest BCUT2D eigenvalue weighted by atomic mass is 127. The summed E-state index contributed by atoms with van der Waals surface area (Å²) in [5.41, 5.74) is 2.48. The molecule has 1 aromatic heterocycles. The summed E-state index contributed by atoms with van der Waals surface area (Å²) in [5, 5.41) is 14.7. The van der Waals surface area contributed by atoms with Crippen LogP contribution in [0.4, 0.5) is 5.69 Å². The molecule has 2 N–H and O–H groups in total. The zero-order chi connectivity index (χ0) is 18.9. The molecule has 0 unspecified atom stereocenters. The lowest BCUT2D eigenvalue weighted by Crippen LogP contribution is -2.38. The van der Waals surface area contributed by atoms with E-state index in [1.807, 2.05) is 0 Å². The second-order valence-electron chi connectivity index (χ2n) is 6.41. The quantitative estimate of drug-likeness (QED) is 0.343. The number of ether oxygens (including phenoxy) is 1. The van der Waals surface area contributed by atoms with Gasteiger partial charge in [-0.1, -0.05) is 19.1 Å². The summed E-state index contributed by atoms with van der Waals surface area (Å²) in [6.07, 6.45) is 2.65. The minimum absolute atomic E-state index is 0. The zero-order valence-electron chi connectivity index (χ0n) is 16.6. The summed E-state index contributed by atoms with van der Waals surface area (Å²) in [6, 6.07) is 8.68. The van der Waals surface area contributed by atoms with E-state index in [2.05, 4.69) is 66.5 Å². The largest absolute Gasteiger partial charge is 0.378 e. The second-order valence-corrected chi connectivity index (χ2v) is 6.41. The monoisotopic (exact) mass is 499 g/mol. The van der Waals surface area contributed by atoms with E-state index >= 15 is 0 Å². The lowest BCUT2D eigenvalue weighted by atomic mass is 10.2. The molecule has 0 saturated carbocycles. The van der Waals surface area contributed by atoms with Crippen molar-refractivity contribution in [2.75, 3.05) is 44.8 Å². The first-order chi connectivity index (χ1) is 13.3. The molecule has 1 aromatic carbocycles. The van der Waals surface area contributed by atoms with Crippen molar-refractivity contribution in [1.29, 1.82) is 0 Å². The summed E-state index contributed by atoms with van der Waals surface area (Å²) >= 11 is 0. The van der Waals surface area contributed by atoms with Gasteiger partial charge in [-0.3, -0.25) is 4.99 Å². The molecule has 154 valence electrons. The molecule has 1 fully saturated rings. The van der Waals surface area contributed by atoms with Crippen LogP contribution in [0.5, 0.6) is 0 Å². The number of nitrogens with one attached hydrogen (secondary N) is 2. The Morgan fingerprint density at radius 1 is 1.18 bits per heavy atom. The van der Waals surface area contributed by atoms with Crippen LogP contribution in [0.3, 0.4) is 0 Å². The maximum atomic E-state index is 5.41. The molecule has 0 radical (unpaired) electrons. The summed E-state index contributed by atoms with van der Waals surface area (Å²) in [4.78, 5) is 6.65. The number of hydrogen-bond acceptors (Lipinski definition) is 5. The summed E-state index contributed by atoms with van der Waals surface area (Å²) in [6.45, 7) is 7.92. The van der Waals surface area contributed by atoms with E-state index in [9.17, 15) is 0 Å². The number of hydrogen-bond donors (Lipinski definition) is 2. The smallest absolute Gasteiger partial charge is 0.191 e. The van der Waals surface area contributed by atoms with E-state index in [0.29, 0.717) is 0 Å². The SMILES string of the molecule is CCc1nncn1CCNC(=NC)NCc1ccc(N2CCOCC2)cc1.I. The van der Waals surface area contributed by atoms with Gasteiger partial charge in [0, 0.05) is 51.9 Å². The minimum atomic E-state index is 0. The van der Waals surface area contributed by atoms with E-state index in [-0.39, 0.29) is 24.0 Å². The fraction of sp³-hybridized carbons (Fsp3) is 0.526. The van der Waals surface area contributed by atoms with E-state index in [1.54, 1.807) is 13.4 Å². The highest BCUT2D eigenvalue weighted by Gasteiger charge is 2.10. The van der Waals surface area contributed by atoms with Gasteiger partial charge < -0.3 is 24.8 Å². The zero-order valence-corrected chi connectivity index (χ0v) is 18.9. The van der Waals surface area contributed by atoms with Crippen molar-refractivity contribution < 1.29 is 4.74 Å². The molecule has 8 nitrogen and oxygen atoms in total. The fourth-order valence-electron chi connectivity index (χ4n) is 3.09. The van der Waals surface area contributed by atoms with Crippen LogP contribution in [0.2, 0.25) is 0 Å². The van der Waals surface area contributed by atoms with Gasteiger partial charge in [-0.25, -0.2) is 0 Å². The van der Waals surface area contributed by atoms with E-state index in [4.69, 9.17) is 4.74 Å². The number of guanidine groups is 1. The van der Waals surface area contributed by atoms with Gasteiger partial charge in [0.1, 0.15) is 12.2 Å². The lowest BCUT2D eigenvalue weighted by Gasteiger charge is -2.28. The van der Waals surface area contributed by atoms with Gasteiger partial charge in [-0.2, -0.15) is 0 Å². The Hall–Kier alpha value is -1.88. The van der Waals surface area contributed by atoms with Crippen LogP contribution in [-0.2, 0) is 24.2 Å². The number of nitrogens with zero attached hydrogens (tertiary/aromatic N) is 5. The van der Waals surface area contributed by atoms with Crippen molar-refractivity contribution in [1.82, 2.24) is 25.4 Å². The van der Waals surface area contributed by atoms with Crippen LogP contribution in [0.15, 0.2) is 35.6 Å². The Kier molecular flexibility index (Phi) is 9.48. The van der Waals surface area contributed by atoms with Crippen molar-refractivity contribution in [2.45, 2.75) is 26.4 Å². The highest BCUT2D eigenvalue weighted by Crippen LogP contribution is 2.16. The predicted molar refractivity (Wildman–Crippen MR) is 122 cm³/mol. The number of rotatable bonds is 7. The lowest BCUT2D eigenvalue weighted by molar-refractivity contribution is 0.122. The third-order valence-electron chi connectivity index (χ3n) is 4.65. The van der Waals surface area contributed by atoms with E-state index < -0.39 is 0 Å². The molecule has 1 aliphatic heterocycles. The van der Waals surface area contributed by atoms with Crippen LogP contribution >= 0.6 is 24.0 Å². The minimum Gasteiger partial charge on any atom is -0.378 e. The molecule has 0 spiro atoms. The molecule has 28 heavy (non-hydrogen) atoms. The first kappa shape index (κ1) is 22.4. The molecular formula is C19H30IN7O. The molecule has 2 aromatic rings. The number of aryl methyl sites for hydroxylation is 1. The second kappa shape index (κ2) is 11.8. The molecule has 2 heterocycles. The molecule has 9 heteroatoms. The van der Waals surface area contributed by atoms with Crippen molar-refractivity contribution in [3.63, 3.8) is 0 Å². The summed E-state index contributed by atoms with van der Waals surface area (Å²) in [5.74, 6) is 1.79. The van der Waals surface area contributed by atoms with Crippen LogP contribution in [0.25, 0.3) is 0 Å². The van der Waals surface area contributed by atoms with Gasteiger partial charge in [0.15, 0.2) is 5.96 Å². The van der Waals surface area contributed by atoms with Crippen LogP contribution in [0.1, 0.15) is 18.3 Å². The average Bonchev–Trinajstić information content (AvgIpc) is 3.19. The molecule has 1 saturated heterocycles. The Morgan fingerprint density at radius 2 is 1.93 bits per heavy atom. The van der Waals surface area contributed by atoms with Crippen molar-refractivity contribution in [3.8, 4) is 0 Å². The van der Waals surface area contributed by atoms with Crippen molar-refractivity contribution >= 4 is 35.6 Å². The Morgan fingerprint density at radius 3 is 2.61 bits per heavy atom. The third-order valence-corrected chi connectivity index (χ3v) is 4.65. The first-order valence-electron chi connectivity index (χ1n) is 9.53. The average molecular weight is 499 g/mol. The van der Waals surface area contributed by atoms with Gasteiger partial charge in [0.05, 0.1) is 13.2 Å². The number of aromatic nitrogens is 3. The molecule has 0 bridgehead atoms. The standard InChI is InChI=1S/C19H29N7O.HI/c1-3-18-24-23-15-26(18)9-8-21-19(20-2)22-14-16-4-6-17(7-5-16)25-10-12-27-13-11-25;/h4-7,15H,3,8-14H2,1-2H3,(H2,20,21,22);1H. The van der Waals surface area contributed by atoms with E-state index in [0.717, 1.165) is 64.1 Å². The normalized spacial score (nSPS) is 14.5. The first-order valence-corrected chi connectivity index (χ1v) is 9.53. The van der Waals surface area contributed by atoms with E-state index in [1.165, 1.54) is 11.3 Å². The summed E-state index contributed by atoms with van der Waals surface area (Å²) < 4.78 is 7.47. The number of anilines is 1. The van der Waals surface area contributed by atoms with Crippen LogP contribution in [-0.4, -0.2) is 60.6 Å². The molecular weight excluding hydrogens is 469 g/mol. The Balaban J connectivity index is 0.00000280. The number of halogens is 1. The predicted octanol–water partition coefficient (Wildman–Crippen LogP) is 1.66. The molecule has 0 amide bonds. The Labute approximate surface area is 183 Å². The topological polar surface area (TPSA) is 79.6 Å². The van der Waals surface area contributed by atoms with Gasteiger partial charge in [-0.15, -0.1) is 34.2 Å². The Bertz CT molecular complexity index is 726. The van der Waals surface area contributed by atoms with Crippen molar-refractivity contribution in [3.05, 3.63) is 42.0 Å². The molecule has 3 rings (SSSR count). The van der Waals surface area contributed by atoms with Crippen LogP contribution in [0, 0.1) is 0 Å². The maximum Gasteiger partial charge on any atom is 0.191 e. The number of benzene rings is 1. The third kappa shape index (κ3) is 6.33. The van der Waals surface area contributed by atoms with Crippen LogP contribution < -0.4 is 15.5 Å². The van der Waals surface area contributed by atoms with Gasteiger partial charge in [-0.05, 0) is 17.7 Å². The highest BCUT2D eigenvalue weighted by molar-refractivity contribution is 14.0. The molecule has 0 atom stereocenters. The van der Waals surface area contributed by atoms with Gasteiger partial charge >= 0.3 is 0 Å². The van der Waals surface area contributed by atoms with Gasteiger partial charge in [0.2, 0.25) is 0 Å². The summed E-state index contributed by atoms with van der Waals surface area (Å²) in [7, 11) is 1.78.